The molecule has 0 bridgehead atoms. The maximum Gasteiger partial charge on any atom is 0.309 e. The fourth-order valence-corrected chi connectivity index (χ4v) is 2.19. The molecule has 5 N–H and O–H groups in total. The first-order valence-electron chi connectivity index (χ1n) is 6.81. The van der Waals surface area contributed by atoms with Crippen LogP contribution in [0, 0.1) is 11.3 Å². The summed E-state index contributed by atoms with van der Waals surface area (Å²) in [5.74, 6) is -0.684. The minimum Gasteiger partial charge on any atom is -0.481 e. The molecule has 0 heterocycles. The average Bonchev–Trinajstić information content (AvgIpc) is 2.27. The lowest BCUT2D eigenvalue weighted by Gasteiger charge is -2.30. The molecule has 0 aliphatic carbocycles. The lowest BCUT2D eigenvalue weighted by Crippen LogP contribution is -2.33. The number of hydrogen-bond donors (Lipinski definition) is 3. The van der Waals surface area contributed by atoms with Gasteiger partial charge in [-0.05, 0) is 32.6 Å². The highest BCUT2D eigenvalue weighted by Crippen LogP contribution is 2.33. The summed E-state index contributed by atoms with van der Waals surface area (Å²) in [4.78, 5) is 11.2. The molecule has 4 nitrogen and oxygen atoms in total. The number of aliphatic hydroxyl groups is 1. The molecule has 0 saturated carbocycles. The van der Waals surface area contributed by atoms with Crippen LogP contribution in [0.5, 0.6) is 0 Å². The van der Waals surface area contributed by atoms with Gasteiger partial charge >= 0.3 is 5.97 Å². The van der Waals surface area contributed by atoms with Crippen molar-refractivity contribution in [1.82, 2.24) is 6.15 Å². The smallest absolute Gasteiger partial charge is 0.309 e. The number of unbranched alkanes of at least 4 members (excludes halogenated alkanes) is 4. The number of aliphatic carboxylic acids is 1. The van der Waals surface area contributed by atoms with Gasteiger partial charge in [-0.1, -0.05) is 39.0 Å². The quantitative estimate of drug-likeness (QED) is 0.524. The first-order valence-corrected chi connectivity index (χ1v) is 6.81. The molecular weight excluding hydrogens is 230 g/mol. The zero-order chi connectivity index (χ0) is 13.3. The Hall–Kier alpha value is -0.610. The molecule has 1 unspecified atom stereocenters. The number of carbonyl (C=O) groups is 1. The molecule has 0 saturated heterocycles. The van der Waals surface area contributed by atoms with Gasteiger partial charge in [0.25, 0.3) is 0 Å². The predicted octanol–water partition coefficient (Wildman–Crippen LogP) is 3.62. The topological polar surface area (TPSA) is 92.5 Å². The maximum atomic E-state index is 11.2. The van der Waals surface area contributed by atoms with Crippen molar-refractivity contribution in [2.75, 3.05) is 6.61 Å². The van der Waals surface area contributed by atoms with E-state index in [1.54, 1.807) is 13.8 Å². The van der Waals surface area contributed by atoms with Gasteiger partial charge in [0.1, 0.15) is 0 Å². The molecule has 0 aromatic rings. The highest BCUT2D eigenvalue weighted by molar-refractivity contribution is 5.74. The van der Waals surface area contributed by atoms with E-state index >= 15 is 0 Å². The van der Waals surface area contributed by atoms with Crippen LogP contribution in [-0.4, -0.2) is 22.8 Å². The zero-order valence-corrected chi connectivity index (χ0v) is 12.2. The molecule has 110 valence electrons. The van der Waals surface area contributed by atoms with E-state index in [4.69, 9.17) is 5.11 Å². The molecule has 0 rings (SSSR count). The Morgan fingerprint density at radius 2 is 1.67 bits per heavy atom. The van der Waals surface area contributed by atoms with E-state index in [0.717, 1.165) is 12.8 Å². The Balaban J connectivity index is 0. The molecule has 0 spiro atoms. The first-order chi connectivity index (χ1) is 7.96. The molecule has 0 aromatic heterocycles. The molecule has 0 amide bonds. The Morgan fingerprint density at radius 3 is 2.11 bits per heavy atom. The summed E-state index contributed by atoms with van der Waals surface area (Å²) in [5.41, 5.74) is -0.729. The number of carboxylic acids is 1. The summed E-state index contributed by atoms with van der Waals surface area (Å²) in [7, 11) is 0. The Kier molecular flexibility index (Phi) is 11.3. The monoisotopic (exact) mass is 261 g/mol. The average molecular weight is 261 g/mol. The van der Waals surface area contributed by atoms with Crippen LogP contribution in [0.15, 0.2) is 0 Å². The van der Waals surface area contributed by atoms with Crippen molar-refractivity contribution in [3.8, 4) is 0 Å². The second kappa shape index (κ2) is 10.3. The number of hydrogen-bond acceptors (Lipinski definition) is 3. The van der Waals surface area contributed by atoms with Crippen molar-refractivity contribution in [3.63, 3.8) is 0 Å². The Bertz CT molecular complexity index is 217. The lowest BCUT2D eigenvalue weighted by molar-refractivity contribution is -0.150. The SMILES string of the molecule is CCCCCCCC(CCO)C(C)(C)C(=O)O.N. The zero-order valence-electron chi connectivity index (χ0n) is 12.2. The number of carboxylic acid groups (broad SMARTS) is 1. The third-order valence-electron chi connectivity index (χ3n) is 3.71. The van der Waals surface area contributed by atoms with E-state index in [2.05, 4.69) is 6.92 Å². The van der Waals surface area contributed by atoms with E-state index in [9.17, 15) is 9.90 Å². The van der Waals surface area contributed by atoms with E-state index in [-0.39, 0.29) is 18.7 Å². The molecular formula is C14H31NO3. The van der Waals surface area contributed by atoms with Gasteiger partial charge in [0.2, 0.25) is 0 Å². The third-order valence-corrected chi connectivity index (χ3v) is 3.71. The Morgan fingerprint density at radius 1 is 1.11 bits per heavy atom. The van der Waals surface area contributed by atoms with Gasteiger partial charge in [-0.3, -0.25) is 4.79 Å². The third kappa shape index (κ3) is 6.97. The van der Waals surface area contributed by atoms with Crippen molar-refractivity contribution in [1.29, 1.82) is 0 Å². The van der Waals surface area contributed by atoms with Crippen molar-refractivity contribution < 1.29 is 15.0 Å². The number of rotatable bonds is 10. The molecule has 0 radical (unpaired) electrons. The number of aliphatic hydroxyl groups excluding tert-OH is 1. The fraction of sp³-hybridized carbons (Fsp3) is 0.929. The standard InChI is InChI=1S/C14H28O3.H3N/c1-4-5-6-7-8-9-12(10-11-15)14(2,3)13(16)17;/h12,15H,4-11H2,1-3H3,(H,16,17);1H3. The van der Waals surface area contributed by atoms with Crippen LogP contribution in [0.2, 0.25) is 0 Å². The van der Waals surface area contributed by atoms with Gasteiger partial charge < -0.3 is 16.4 Å². The summed E-state index contributed by atoms with van der Waals surface area (Å²) in [6.45, 7) is 5.79. The normalized spacial score (nSPS) is 12.9. The van der Waals surface area contributed by atoms with Crippen LogP contribution < -0.4 is 6.15 Å². The second-order valence-electron chi connectivity index (χ2n) is 5.44. The lowest BCUT2D eigenvalue weighted by atomic mass is 9.74. The second-order valence-corrected chi connectivity index (χ2v) is 5.44. The van der Waals surface area contributed by atoms with E-state index in [1.165, 1.54) is 25.7 Å². The fourth-order valence-electron chi connectivity index (χ4n) is 2.19. The van der Waals surface area contributed by atoms with Crippen molar-refractivity contribution in [2.24, 2.45) is 11.3 Å². The van der Waals surface area contributed by atoms with Gasteiger partial charge in [-0.2, -0.15) is 0 Å². The Labute approximate surface area is 111 Å². The minimum atomic E-state index is -0.760. The maximum absolute atomic E-state index is 11.2. The first kappa shape index (κ1) is 19.7. The van der Waals surface area contributed by atoms with Gasteiger partial charge in [0.05, 0.1) is 5.41 Å². The van der Waals surface area contributed by atoms with Crippen LogP contribution in [0.25, 0.3) is 0 Å². The summed E-state index contributed by atoms with van der Waals surface area (Å²) in [5, 5.41) is 18.2. The van der Waals surface area contributed by atoms with Crippen LogP contribution in [0.3, 0.4) is 0 Å². The molecule has 0 aromatic carbocycles. The minimum absolute atomic E-state index is 0. The summed E-state index contributed by atoms with van der Waals surface area (Å²) < 4.78 is 0. The van der Waals surface area contributed by atoms with Gasteiger partial charge in [0, 0.05) is 6.61 Å². The molecule has 0 aliphatic heterocycles. The van der Waals surface area contributed by atoms with Gasteiger partial charge in [-0.15, -0.1) is 0 Å². The van der Waals surface area contributed by atoms with E-state index in [0.29, 0.717) is 6.42 Å². The molecule has 4 heteroatoms. The molecule has 18 heavy (non-hydrogen) atoms. The predicted molar refractivity (Wildman–Crippen MR) is 75.0 cm³/mol. The molecule has 0 fully saturated rings. The van der Waals surface area contributed by atoms with E-state index < -0.39 is 11.4 Å². The summed E-state index contributed by atoms with van der Waals surface area (Å²) in [6.07, 6.45) is 7.45. The highest BCUT2D eigenvalue weighted by Gasteiger charge is 2.35. The van der Waals surface area contributed by atoms with Crippen molar-refractivity contribution in [3.05, 3.63) is 0 Å². The summed E-state index contributed by atoms with van der Waals surface area (Å²) in [6, 6.07) is 0. The van der Waals surface area contributed by atoms with Gasteiger partial charge in [-0.25, -0.2) is 0 Å². The van der Waals surface area contributed by atoms with Crippen molar-refractivity contribution >= 4 is 5.97 Å². The van der Waals surface area contributed by atoms with Gasteiger partial charge in [0.15, 0.2) is 0 Å². The summed E-state index contributed by atoms with van der Waals surface area (Å²) >= 11 is 0. The van der Waals surface area contributed by atoms with Crippen LogP contribution in [0.1, 0.15) is 65.7 Å². The van der Waals surface area contributed by atoms with Crippen LogP contribution >= 0.6 is 0 Å². The highest BCUT2D eigenvalue weighted by atomic mass is 16.4. The molecule has 1 atom stereocenters. The largest absolute Gasteiger partial charge is 0.481 e. The van der Waals surface area contributed by atoms with Crippen LogP contribution in [0.4, 0.5) is 0 Å². The molecule has 0 aliphatic rings. The van der Waals surface area contributed by atoms with E-state index in [1.807, 2.05) is 0 Å². The van der Waals surface area contributed by atoms with Crippen LogP contribution in [-0.2, 0) is 4.79 Å². The van der Waals surface area contributed by atoms with Crippen molar-refractivity contribution in [2.45, 2.75) is 65.7 Å².